The molecule has 1 spiro atoms. The summed E-state index contributed by atoms with van der Waals surface area (Å²) in [4.78, 5) is 28.5. The molecule has 1 saturated carbocycles. The number of nitrogens with zero attached hydrogens (tertiary/aromatic N) is 4. The van der Waals surface area contributed by atoms with Gasteiger partial charge in [0.25, 0.3) is 5.91 Å². The molecule has 0 unspecified atom stereocenters. The molecule has 134 valence electrons. The van der Waals surface area contributed by atoms with Gasteiger partial charge in [-0.05, 0) is 45.2 Å². The first-order valence-electron chi connectivity index (χ1n) is 8.76. The lowest BCUT2D eigenvalue weighted by molar-refractivity contribution is -0.139. The molecule has 1 saturated heterocycles. The highest BCUT2D eigenvalue weighted by Gasteiger charge is 2.55. The van der Waals surface area contributed by atoms with Crippen LogP contribution in [0.3, 0.4) is 0 Å². The van der Waals surface area contributed by atoms with Crippen molar-refractivity contribution in [3.8, 4) is 11.4 Å². The Morgan fingerprint density at radius 1 is 1.19 bits per heavy atom. The van der Waals surface area contributed by atoms with E-state index in [0.717, 1.165) is 36.0 Å². The molecule has 0 radical (unpaired) electrons. The lowest BCUT2D eigenvalue weighted by Gasteiger charge is -2.16. The molecule has 26 heavy (non-hydrogen) atoms. The molecule has 2 fully saturated rings. The lowest BCUT2D eigenvalue weighted by atomic mass is 10.1. The highest BCUT2D eigenvalue weighted by Crippen LogP contribution is 2.53. The number of hydrazine groups is 1. The molecular formula is C19H21N5O2. The summed E-state index contributed by atoms with van der Waals surface area (Å²) >= 11 is 0. The molecule has 1 aliphatic heterocycles. The molecule has 2 aromatic rings. The average Bonchev–Trinajstić information content (AvgIpc) is 3.13. The minimum atomic E-state index is -0.348. The highest BCUT2D eigenvalue weighted by atomic mass is 16.2. The molecule has 1 aromatic carbocycles. The van der Waals surface area contributed by atoms with Crippen LogP contribution in [0.25, 0.3) is 17.6 Å². The fourth-order valence-corrected chi connectivity index (χ4v) is 3.44. The average molecular weight is 351 g/mol. The smallest absolute Gasteiger partial charge is 0.264 e. The predicted octanol–water partition coefficient (Wildman–Crippen LogP) is 2.08. The first-order valence-corrected chi connectivity index (χ1v) is 8.76. The van der Waals surface area contributed by atoms with Crippen molar-refractivity contribution in [2.75, 3.05) is 6.54 Å². The van der Waals surface area contributed by atoms with E-state index in [4.69, 9.17) is 0 Å². The number of hydrogen-bond donors (Lipinski definition) is 1. The second kappa shape index (κ2) is 6.09. The van der Waals surface area contributed by atoms with Crippen LogP contribution in [0.5, 0.6) is 0 Å². The molecule has 1 aliphatic carbocycles. The van der Waals surface area contributed by atoms with Crippen molar-refractivity contribution in [3.05, 3.63) is 41.7 Å². The SMILES string of the molecule is Cc1cc(C)cc(-c2ncn(/C=C\C(=O)NN3CCC4(CC4)C3=O)n2)c1. The Kier molecular flexibility index (Phi) is 3.86. The molecule has 2 aliphatic rings. The first-order chi connectivity index (χ1) is 12.4. The molecule has 7 heteroatoms. The number of amides is 2. The third kappa shape index (κ3) is 3.12. The van der Waals surface area contributed by atoms with E-state index in [9.17, 15) is 9.59 Å². The van der Waals surface area contributed by atoms with E-state index in [-0.39, 0.29) is 17.2 Å². The van der Waals surface area contributed by atoms with Crippen LogP contribution in [0.2, 0.25) is 0 Å². The van der Waals surface area contributed by atoms with Gasteiger partial charge in [0.2, 0.25) is 5.91 Å². The Morgan fingerprint density at radius 2 is 1.92 bits per heavy atom. The van der Waals surface area contributed by atoms with Gasteiger partial charge in [0.05, 0.1) is 5.41 Å². The monoisotopic (exact) mass is 351 g/mol. The predicted molar refractivity (Wildman–Crippen MR) is 96.4 cm³/mol. The Hall–Kier alpha value is -2.96. The molecule has 0 atom stereocenters. The van der Waals surface area contributed by atoms with E-state index in [1.54, 1.807) is 6.33 Å². The number of aromatic nitrogens is 3. The van der Waals surface area contributed by atoms with Gasteiger partial charge in [0, 0.05) is 24.4 Å². The third-order valence-corrected chi connectivity index (χ3v) is 4.98. The molecule has 1 aromatic heterocycles. The molecular weight excluding hydrogens is 330 g/mol. The standard InChI is InChI=1S/C19H21N5O2/c1-13-9-14(2)11-15(10-13)17-20-12-23(22-17)7-3-16(25)21-24-8-6-19(4-5-19)18(24)26/h3,7,9-12H,4-6,8H2,1-2H3,(H,21,25)/b7-3-. The van der Waals surface area contributed by atoms with Crippen LogP contribution in [-0.2, 0) is 9.59 Å². The molecule has 2 heterocycles. The Labute approximate surface area is 151 Å². The van der Waals surface area contributed by atoms with Gasteiger partial charge in [0.1, 0.15) is 6.33 Å². The molecule has 4 rings (SSSR count). The number of carbonyl (C=O) groups is 2. The second-order valence-corrected chi connectivity index (χ2v) is 7.20. The van der Waals surface area contributed by atoms with Crippen molar-refractivity contribution in [1.29, 1.82) is 0 Å². The van der Waals surface area contributed by atoms with E-state index in [1.165, 1.54) is 22.0 Å². The molecule has 7 nitrogen and oxygen atoms in total. The van der Waals surface area contributed by atoms with E-state index >= 15 is 0 Å². The van der Waals surface area contributed by atoms with Gasteiger partial charge in [-0.25, -0.2) is 9.67 Å². The molecule has 2 amide bonds. The maximum absolute atomic E-state index is 12.2. The van der Waals surface area contributed by atoms with Crippen molar-refractivity contribution in [3.63, 3.8) is 0 Å². The van der Waals surface area contributed by atoms with Crippen LogP contribution >= 0.6 is 0 Å². The van der Waals surface area contributed by atoms with Crippen molar-refractivity contribution in [2.24, 2.45) is 5.41 Å². The maximum atomic E-state index is 12.2. The minimum Gasteiger partial charge on any atom is -0.272 e. The number of nitrogens with one attached hydrogen (secondary N) is 1. The van der Waals surface area contributed by atoms with Gasteiger partial charge < -0.3 is 0 Å². The van der Waals surface area contributed by atoms with Crippen molar-refractivity contribution >= 4 is 18.0 Å². The number of hydrogen-bond acceptors (Lipinski definition) is 4. The van der Waals surface area contributed by atoms with E-state index in [1.807, 2.05) is 26.0 Å². The fourth-order valence-electron chi connectivity index (χ4n) is 3.44. The van der Waals surface area contributed by atoms with Gasteiger partial charge in [-0.2, -0.15) is 0 Å². The maximum Gasteiger partial charge on any atom is 0.264 e. The molecule has 0 bridgehead atoms. The van der Waals surface area contributed by atoms with Crippen molar-refractivity contribution < 1.29 is 9.59 Å². The normalized spacial score (nSPS) is 18.1. The van der Waals surface area contributed by atoms with Crippen molar-refractivity contribution in [1.82, 2.24) is 25.2 Å². The largest absolute Gasteiger partial charge is 0.272 e. The Balaban J connectivity index is 1.40. The molecule has 1 N–H and O–H groups in total. The number of carbonyl (C=O) groups excluding carboxylic acids is 2. The third-order valence-electron chi connectivity index (χ3n) is 4.98. The van der Waals surface area contributed by atoms with Crippen molar-refractivity contribution in [2.45, 2.75) is 33.1 Å². The summed E-state index contributed by atoms with van der Waals surface area (Å²) in [5.74, 6) is 0.295. The topological polar surface area (TPSA) is 80.1 Å². The quantitative estimate of drug-likeness (QED) is 0.855. The van der Waals surface area contributed by atoms with Gasteiger partial charge >= 0.3 is 0 Å². The van der Waals surface area contributed by atoms with Crippen LogP contribution in [-0.4, -0.2) is 38.1 Å². The van der Waals surface area contributed by atoms with E-state index in [0.29, 0.717) is 12.4 Å². The Bertz CT molecular complexity index is 890. The van der Waals surface area contributed by atoms with Gasteiger partial charge in [-0.3, -0.25) is 20.0 Å². The minimum absolute atomic E-state index is 0.0390. The zero-order chi connectivity index (χ0) is 18.3. The summed E-state index contributed by atoms with van der Waals surface area (Å²) < 4.78 is 1.49. The zero-order valence-electron chi connectivity index (χ0n) is 14.9. The zero-order valence-corrected chi connectivity index (χ0v) is 14.9. The summed E-state index contributed by atoms with van der Waals surface area (Å²) in [6.07, 6.45) is 7.14. The number of rotatable bonds is 4. The summed E-state index contributed by atoms with van der Waals surface area (Å²) in [6, 6.07) is 6.14. The number of aryl methyl sites for hydroxylation is 2. The number of benzene rings is 1. The van der Waals surface area contributed by atoms with Crippen LogP contribution in [0.1, 0.15) is 30.4 Å². The van der Waals surface area contributed by atoms with Gasteiger partial charge in [-0.1, -0.05) is 17.2 Å². The lowest BCUT2D eigenvalue weighted by Crippen LogP contribution is -2.43. The fraction of sp³-hybridized carbons (Fsp3) is 0.368. The van der Waals surface area contributed by atoms with Crippen LogP contribution in [0, 0.1) is 19.3 Å². The summed E-state index contributed by atoms with van der Waals surface area (Å²) in [5, 5.41) is 5.81. The van der Waals surface area contributed by atoms with E-state index in [2.05, 4.69) is 21.6 Å². The highest BCUT2D eigenvalue weighted by molar-refractivity contribution is 5.94. The summed E-state index contributed by atoms with van der Waals surface area (Å²) in [6.45, 7) is 4.64. The Morgan fingerprint density at radius 3 is 2.58 bits per heavy atom. The van der Waals surface area contributed by atoms with Crippen LogP contribution in [0.15, 0.2) is 30.6 Å². The first kappa shape index (κ1) is 16.5. The van der Waals surface area contributed by atoms with Gasteiger partial charge in [0.15, 0.2) is 5.82 Å². The summed E-state index contributed by atoms with van der Waals surface area (Å²) in [7, 11) is 0. The second-order valence-electron chi connectivity index (χ2n) is 7.20. The van der Waals surface area contributed by atoms with Gasteiger partial charge in [-0.15, -0.1) is 5.10 Å². The van der Waals surface area contributed by atoms with E-state index < -0.39 is 0 Å². The summed E-state index contributed by atoms with van der Waals surface area (Å²) in [5.41, 5.74) is 5.71. The van der Waals surface area contributed by atoms with Crippen LogP contribution in [0.4, 0.5) is 0 Å². The van der Waals surface area contributed by atoms with Crippen LogP contribution < -0.4 is 5.43 Å².